The molecule has 0 N–H and O–H groups in total. The summed E-state index contributed by atoms with van der Waals surface area (Å²) in [5.74, 6) is 0. The zero-order valence-corrected chi connectivity index (χ0v) is 7.24. The zero-order chi connectivity index (χ0) is 6.97. The van der Waals surface area contributed by atoms with Crippen molar-refractivity contribution < 1.29 is 0 Å². The Bertz CT molecular complexity index is 293. The Balaban J connectivity index is 2.61. The first-order chi connectivity index (χ1) is 4.88. The molecule has 1 radical (unpaired) electrons. The van der Waals surface area contributed by atoms with Gasteiger partial charge in [0.25, 0.3) is 0 Å². The molecule has 1 heterocycles. The van der Waals surface area contributed by atoms with Crippen molar-refractivity contribution in [2.24, 2.45) is 5.10 Å². The van der Waals surface area contributed by atoms with Crippen LogP contribution in [-0.4, -0.2) is 3.72 Å². The highest BCUT2D eigenvalue weighted by molar-refractivity contribution is 14.1. The van der Waals surface area contributed by atoms with E-state index in [1.807, 2.05) is 24.3 Å². The maximum Gasteiger partial charge on any atom is 0.133 e. The van der Waals surface area contributed by atoms with Gasteiger partial charge in [-0.2, -0.15) is 0 Å². The third-order valence-corrected chi connectivity index (χ3v) is 2.17. The molecule has 0 spiro atoms. The molecule has 10 heavy (non-hydrogen) atoms. The molecule has 3 heteroatoms. The summed E-state index contributed by atoms with van der Waals surface area (Å²) >= 11 is 2.18. The van der Waals surface area contributed by atoms with E-state index in [2.05, 4.69) is 33.1 Å². The van der Waals surface area contributed by atoms with E-state index < -0.39 is 0 Å². The lowest BCUT2D eigenvalue weighted by Crippen LogP contribution is -1.82. The second-order valence-electron chi connectivity index (χ2n) is 2.01. The number of benzene rings is 1. The summed E-state index contributed by atoms with van der Waals surface area (Å²) in [5.41, 5.74) is 6.08. The van der Waals surface area contributed by atoms with Gasteiger partial charge >= 0.3 is 0 Å². The lowest BCUT2D eigenvalue weighted by molar-refractivity contribution is 0.991. The van der Waals surface area contributed by atoms with E-state index in [-0.39, 0.29) is 0 Å². The Morgan fingerprint density at radius 1 is 1.20 bits per heavy atom. The predicted molar refractivity (Wildman–Crippen MR) is 48.8 cm³/mol. The van der Waals surface area contributed by atoms with Crippen LogP contribution in [0.4, 0.5) is 5.69 Å². The Hall–Kier alpha value is -0.580. The van der Waals surface area contributed by atoms with Crippen LogP contribution in [0.15, 0.2) is 29.4 Å². The number of hydrogen-bond donors (Lipinski definition) is 0. The topological polar surface area (TPSA) is 26.5 Å². The van der Waals surface area contributed by atoms with E-state index >= 15 is 0 Å². The highest BCUT2D eigenvalue weighted by Crippen LogP contribution is 2.24. The second kappa shape index (κ2) is 2.23. The van der Waals surface area contributed by atoms with Crippen molar-refractivity contribution in [3.8, 4) is 0 Å². The molecule has 0 amide bonds. The van der Waals surface area contributed by atoms with Gasteiger partial charge in [-0.1, -0.05) is 18.2 Å². The molecule has 0 saturated carbocycles. The van der Waals surface area contributed by atoms with Gasteiger partial charge in [0.15, 0.2) is 0 Å². The quantitative estimate of drug-likeness (QED) is 0.623. The van der Waals surface area contributed by atoms with Gasteiger partial charge in [-0.25, -0.2) is 0 Å². The van der Waals surface area contributed by atoms with E-state index in [4.69, 9.17) is 0 Å². The maximum atomic E-state index is 3.96. The lowest BCUT2D eigenvalue weighted by atomic mass is 10.2. The molecule has 1 aliphatic heterocycles. The van der Waals surface area contributed by atoms with Gasteiger partial charge in [0, 0.05) is 5.56 Å². The molecular formula is C7H4IN2. The summed E-state index contributed by atoms with van der Waals surface area (Å²) in [4.78, 5) is 0. The van der Waals surface area contributed by atoms with Crippen LogP contribution in [0, 0.1) is 0 Å². The molecule has 2 nitrogen and oxygen atoms in total. The Morgan fingerprint density at radius 3 is 2.80 bits per heavy atom. The first-order valence-corrected chi connectivity index (χ1v) is 3.99. The summed E-state index contributed by atoms with van der Waals surface area (Å²) in [6, 6.07) is 7.95. The van der Waals surface area contributed by atoms with Crippen molar-refractivity contribution >= 4 is 32.0 Å². The molecule has 0 atom stereocenters. The normalized spacial score (nSPS) is 13.9. The van der Waals surface area contributed by atoms with Crippen LogP contribution in [0.3, 0.4) is 0 Å². The van der Waals surface area contributed by atoms with Gasteiger partial charge in [0.05, 0.1) is 5.69 Å². The second-order valence-corrected chi connectivity index (χ2v) is 3.03. The number of halogens is 1. The first kappa shape index (κ1) is 6.15. The van der Waals surface area contributed by atoms with Gasteiger partial charge in [0.2, 0.25) is 0 Å². The van der Waals surface area contributed by atoms with Crippen molar-refractivity contribution in [3.63, 3.8) is 0 Å². The summed E-state index contributed by atoms with van der Waals surface area (Å²) in [6.45, 7) is 0. The number of nitrogens with zero attached hydrogens (tertiary/aromatic N) is 2. The van der Waals surface area contributed by atoms with Crippen molar-refractivity contribution in [2.75, 3.05) is 0 Å². The summed E-state index contributed by atoms with van der Waals surface area (Å²) in [7, 11) is 0. The van der Waals surface area contributed by atoms with E-state index in [1.165, 1.54) is 0 Å². The fraction of sp³-hybridized carbons (Fsp3) is 0. The SMILES string of the molecule is IC1=N[N]c2ccccc21. The fourth-order valence-corrected chi connectivity index (χ4v) is 1.45. The Labute approximate surface area is 72.5 Å². The summed E-state index contributed by atoms with van der Waals surface area (Å²) < 4.78 is 0.980. The van der Waals surface area contributed by atoms with Crippen molar-refractivity contribution in [1.82, 2.24) is 5.43 Å². The minimum Gasteiger partial charge on any atom is -0.149 e. The van der Waals surface area contributed by atoms with Crippen LogP contribution < -0.4 is 5.43 Å². The van der Waals surface area contributed by atoms with Gasteiger partial charge in [-0.05, 0) is 28.7 Å². The van der Waals surface area contributed by atoms with E-state index in [0.29, 0.717) is 0 Å². The smallest absolute Gasteiger partial charge is 0.133 e. The molecule has 1 aliphatic rings. The standard InChI is InChI=1S/C7H4IN2/c8-7-5-3-1-2-4-6(5)9-10-7/h1-4H. The van der Waals surface area contributed by atoms with Gasteiger partial charge < -0.3 is 0 Å². The molecule has 0 fully saturated rings. The van der Waals surface area contributed by atoms with Gasteiger partial charge in [-0.15, -0.1) is 10.5 Å². The third-order valence-electron chi connectivity index (χ3n) is 1.37. The number of hydrogen-bond acceptors (Lipinski definition) is 1. The summed E-state index contributed by atoms with van der Waals surface area (Å²) in [6.07, 6.45) is 0. The Kier molecular flexibility index (Phi) is 1.37. The maximum absolute atomic E-state index is 3.96. The van der Waals surface area contributed by atoms with E-state index in [0.717, 1.165) is 15.0 Å². The van der Waals surface area contributed by atoms with Crippen LogP contribution >= 0.6 is 22.6 Å². The van der Waals surface area contributed by atoms with E-state index in [1.54, 1.807) is 0 Å². The number of fused-ring (bicyclic) bond motifs is 1. The minimum absolute atomic E-state index is 0.979. The largest absolute Gasteiger partial charge is 0.149 e. The molecule has 1 aromatic rings. The molecule has 2 rings (SSSR count). The fourth-order valence-electron chi connectivity index (χ4n) is 0.887. The van der Waals surface area contributed by atoms with Crippen LogP contribution in [-0.2, 0) is 0 Å². The van der Waals surface area contributed by atoms with E-state index in [9.17, 15) is 0 Å². The average molecular weight is 243 g/mol. The molecule has 0 aliphatic carbocycles. The highest BCUT2D eigenvalue weighted by Gasteiger charge is 2.12. The Morgan fingerprint density at radius 2 is 2.00 bits per heavy atom. The van der Waals surface area contributed by atoms with Gasteiger partial charge in [0.1, 0.15) is 3.72 Å². The minimum atomic E-state index is 0.979. The molecule has 0 saturated heterocycles. The molecule has 0 unspecified atom stereocenters. The molecule has 1 aromatic carbocycles. The summed E-state index contributed by atoms with van der Waals surface area (Å²) in [5, 5.41) is 3.93. The van der Waals surface area contributed by atoms with Crippen molar-refractivity contribution in [3.05, 3.63) is 29.8 Å². The molecular weight excluding hydrogens is 239 g/mol. The lowest BCUT2D eigenvalue weighted by Gasteiger charge is -1.91. The third kappa shape index (κ3) is 0.811. The molecule has 0 aromatic heterocycles. The molecule has 0 bridgehead atoms. The predicted octanol–water partition coefficient (Wildman–Crippen LogP) is 2.03. The zero-order valence-electron chi connectivity index (χ0n) is 5.08. The first-order valence-electron chi connectivity index (χ1n) is 2.91. The van der Waals surface area contributed by atoms with Gasteiger partial charge in [-0.3, -0.25) is 0 Å². The monoisotopic (exact) mass is 243 g/mol. The number of rotatable bonds is 0. The van der Waals surface area contributed by atoms with Crippen LogP contribution in [0.1, 0.15) is 5.56 Å². The highest BCUT2D eigenvalue weighted by atomic mass is 127. The van der Waals surface area contributed by atoms with Crippen molar-refractivity contribution in [2.45, 2.75) is 0 Å². The van der Waals surface area contributed by atoms with Crippen LogP contribution in [0.5, 0.6) is 0 Å². The molecule has 49 valence electrons. The van der Waals surface area contributed by atoms with Crippen molar-refractivity contribution in [1.29, 1.82) is 0 Å². The van der Waals surface area contributed by atoms with Crippen LogP contribution in [0.25, 0.3) is 0 Å². The van der Waals surface area contributed by atoms with Crippen LogP contribution in [0.2, 0.25) is 0 Å². The average Bonchev–Trinajstić information content (AvgIpc) is 2.34.